The van der Waals surface area contributed by atoms with Gasteiger partial charge in [0.1, 0.15) is 0 Å². The van der Waals surface area contributed by atoms with Crippen LogP contribution in [-0.2, 0) is 4.79 Å². The van der Waals surface area contributed by atoms with Crippen molar-refractivity contribution >= 4 is 17.7 Å². The highest BCUT2D eigenvalue weighted by atomic mass is 32.2. The summed E-state index contributed by atoms with van der Waals surface area (Å²) in [5.41, 5.74) is 0.908. The van der Waals surface area contributed by atoms with Crippen LogP contribution in [0.3, 0.4) is 0 Å². The molecule has 4 heteroatoms. The SMILES string of the molecule is CC(Sc1ccc(C(C)O)cc1)C(=O)N1CCCCCC1. The molecule has 0 radical (unpaired) electrons. The Morgan fingerprint density at radius 2 is 1.67 bits per heavy atom. The summed E-state index contributed by atoms with van der Waals surface area (Å²) in [6.45, 7) is 5.56. The fourth-order valence-corrected chi connectivity index (χ4v) is 3.58. The van der Waals surface area contributed by atoms with E-state index in [4.69, 9.17) is 0 Å². The summed E-state index contributed by atoms with van der Waals surface area (Å²) >= 11 is 1.60. The van der Waals surface area contributed by atoms with Crippen LogP contribution in [-0.4, -0.2) is 34.3 Å². The van der Waals surface area contributed by atoms with E-state index in [2.05, 4.69) is 0 Å². The van der Waals surface area contributed by atoms with Crippen LogP contribution in [0.4, 0.5) is 0 Å². The number of amides is 1. The number of hydrogen-bond acceptors (Lipinski definition) is 3. The molecule has 2 rings (SSSR count). The van der Waals surface area contributed by atoms with Crippen molar-refractivity contribution in [3.63, 3.8) is 0 Å². The van der Waals surface area contributed by atoms with Crippen LogP contribution < -0.4 is 0 Å². The zero-order valence-electron chi connectivity index (χ0n) is 12.9. The molecule has 1 aliphatic rings. The molecule has 116 valence electrons. The molecule has 1 amide bonds. The van der Waals surface area contributed by atoms with Crippen molar-refractivity contribution in [3.05, 3.63) is 29.8 Å². The first kappa shape index (κ1) is 16.4. The van der Waals surface area contributed by atoms with Gasteiger partial charge in [0.2, 0.25) is 5.91 Å². The second-order valence-corrected chi connectivity index (χ2v) is 7.16. The third-order valence-corrected chi connectivity index (χ3v) is 5.04. The van der Waals surface area contributed by atoms with Gasteiger partial charge in [0, 0.05) is 18.0 Å². The first-order valence-corrected chi connectivity index (χ1v) is 8.69. The monoisotopic (exact) mass is 307 g/mol. The Morgan fingerprint density at radius 1 is 1.10 bits per heavy atom. The average Bonchev–Trinajstić information content (AvgIpc) is 2.76. The van der Waals surface area contributed by atoms with Gasteiger partial charge in [-0.15, -0.1) is 11.8 Å². The van der Waals surface area contributed by atoms with E-state index in [0.29, 0.717) is 0 Å². The molecule has 0 spiro atoms. The van der Waals surface area contributed by atoms with E-state index in [1.807, 2.05) is 36.1 Å². The lowest BCUT2D eigenvalue weighted by Gasteiger charge is -2.23. The van der Waals surface area contributed by atoms with Crippen LogP contribution in [0.1, 0.15) is 51.2 Å². The van der Waals surface area contributed by atoms with Crippen LogP contribution in [0, 0.1) is 0 Å². The van der Waals surface area contributed by atoms with Gasteiger partial charge in [-0.25, -0.2) is 0 Å². The van der Waals surface area contributed by atoms with Gasteiger partial charge in [-0.2, -0.15) is 0 Å². The Bertz CT molecular complexity index is 450. The summed E-state index contributed by atoms with van der Waals surface area (Å²) in [5, 5.41) is 9.46. The first-order valence-electron chi connectivity index (χ1n) is 7.81. The summed E-state index contributed by atoms with van der Waals surface area (Å²) in [5.74, 6) is 0.251. The van der Waals surface area contributed by atoms with Crippen molar-refractivity contribution in [3.8, 4) is 0 Å². The Kier molecular flexibility index (Phi) is 6.12. The maximum atomic E-state index is 12.5. The predicted octanol–water partition coefficient (Wildman–Crippen LogP) is 3.62. The summed E-state index contributed by atoms with van der Waals surface area (Å²) in [6.07, 6.45) is 4.30. The van der Waals surface area contributed by atoms with Gasteiger partial charge in [-0.05, 0) is 44.4 Å². The highest BCUT2D eigenvalue weighted by Gasteiger charge is 2.22. The fraction of sp³-hybridized carbons (Fsp3) is 0.588. The Morgan fingerprint density at radius 3 is 2.19 bits per heavy atom. The number of rotatable bonds is 4. The zero-order valence-corrected chi connectivity index (χ0v) is 13.7. The fourth-order valence-electron chi connectivity index (χ4n) is 2.63. The van der Waals surface area contributed by atoms with Crippen molar-refractivity contribution < 1.29 is 9.90 Å². The van der Waals surface area contributed by atoms with Crippen LogP contribution in [0.2, 0.25) is 0 Å². The number of carbonyl (C=O) groups excluding carboxylic acids is 1. The number of likely N-dealkylation sites (tertiary alicyclic amines) is 1. The van der Waals surface area contributed by atoms with Gasteiger partial charge in [0.15, 0.2) is 0 Å². The molecule has 1 aromatic carbocycles. The van der Waals surface area contributed by atoms with E-state index in [1.165, 1.54) is 12.8 Å². The van der Waals surface area contributed by atoms with Gasteiger partial charge < -0.3 is 10.0 Å². The van der Waals surface area contributed by atoms with Crippen molar-refractivity contribution in [1.82, 2.24) is 4.90 Å². The third-order valence-electron chi connectivity index (χ3n) is 3.94. The number of carbonyl (C=O) groups is 1. The summed E-state index contributed by atoms with van der Waals surface area (Å²) < 4.78 is 0. The molecule has 21 heavy (non-hydrogen) atoms. The maximum absolute atomic E-state index is 12.5. The Balaban J connectivity index is 1.93. The minimum Gasteiger partial charge on any atom is -0.389 e. The molecule has 0 bridgehead atoms. The largest absolute Gasteiger partial charge is 0.389 e. The molecule has 0 aliphatic carbocycles. The number of aliphatic hydroxyl groups excluding tert-OH is 1. The van der Waals surface area contributed by atoms with Crippen molar-refractivity contribution in [2.24, 2.45) is 0 Å². The molecule has 0 aromatic heterocycles. The van der Waals surface area contributed by atoms with Crippen LogP contribution >= 0.6 is 11.8 Å². The molecular formula is C17H25NO2S. The minimum absolute atomic E-state index is 0.0551. The van der Waals surface area contributed by atoms with Gasteiger partial charge in [0.25, 0.3) is 0 Å². The van der Waals surface area contributed by atoms with Crippen molar-refractivity contribution in [2.75, 3.05) is 13.1 Å². The molecule has 0 saturated carbocycles. The first-order chi connectivity index (χ1) is 10.1. The van der Waals surface area contributed by atoms with Crippen molar-refractivity contribution in [1.29, 1.82) is 0 Å². The number of hydrogen-bond donors (Lipinski definition) is 1. The molecular weight excluding hydrogens is 282 g/mol. The molecule has 1 N–H and O–H groups in total. The topological polar surface area (TPSA) is 40.5 Å². The average molecular weight is 307 g/mol. The minimum atomic E-state index is -0.444. The highest BCUT2D eigenvalue weighted by Crippen LogP contribution is 2.26. The number of aliphatic hydroxyl groups is 1. The quantitative estimate of drug-likeness (QED) is 0.864. The molecule has 1 fully saturated rings. The molecule has 1 heterocycles. The maximum Gasteiger partial charge on any atom is 0.235 e. The lowest BCUT2D eigenvalue weighted by molar-refractivity contribution is -0.130. The molecule has 1 saturated heterocycles. The number of thioether (sulfide) groups is 1. The van der Waals surface area contributed by atoms with E-state index in [1.54, 1.807) is 18.7 Å². The van der Waals surface area contributed by atoms with Crippen molar-refractivity contribution in [2.45, 2.75) is 55.8 Å². The van der Waals surface area contributed by atoms with Gasteiger partial charge in [-0.1, -0.05) is 25.0 Å². The number of benzene rings is 1. The second-order valence-electron chi connectivity index (χ2n) is 5.74. The van der Waals surface area contributed by atoms with E-state index in [-0.39, 0.29) is 11.2 Å². The van der Waals surface area contributed by atoms with E-state index in [0.717, 1.165) is 36.4 Å². The highest BCUT2D eigenvalue weighted by molar-refractivity contribution is 8.00. The van der Waals surface area contributed by atoms with Gasteiger partial charge in [0.05, 0.1) is 11.4 Å². The van der Waals surface area contributed by atoms with Gasteiger partial charge in [-0.3, -0.25) is 4.79 Å². The normalized spacial score (nSPS) is 18.9. The number of nitrogens with zero attached hydrogens (tertiary/aromatic N) is 1. The third kappa shape index (κ3) is 4.75. The zero-order chi connectivity index (χ0) is 15.2. The van der Waals surface area contributed by atoms with E-state index in [9.17, 15) is 9.90 Å². The predicted molar refractivity (Wildman–Crippen MR) is 87.4 cm³/mol. The molecule has 3 nitrogen and oxygen atoms in total. The lowest BCUT2D eigenvalue weighted by atomic mass is 10.1. The Labute approximate surface area is 131 Å². The lowest BCUT2D eigenvalue weighted by Crippen LogP contribution is -2.37. The molecule has 2 unspecified atom stereocenters. The van der Waals surface area contributed by atoms with Crippen LogP contribution in [0.25, 0.3) is 0 Å². The van der Waals surface area contributed by atoms with E-state index < -0.39 is 6.10 Å². The molecule has 1 aliphatic heterocycles. The van der Waals surface area contributed by atoms with E-state index >= 15 is 0 Å². The molecule has 1 aromatic rings. The molecule has 2 atom stereocenters. The van der Waals surface area contributed by atoms with Crippen LogP contribution in [0.15, 0.2) is 29.2 Å². The second kappa shape index (κ2) is 7.85. The Hall–Kier alpha value is -1.00. The van der Waals surface area contributed by atoms with Gasteiger partial charge >= 0.3 is 0 Å². The van der Waals surface area contributed by atoms with Crippen LogP contribution in [0.5, 0.6) is 0 Å². The summed E-state index contributed by atoms with van der Waals surface area (Å²) in [7, 11) is 0. The summed E-state index contributed by atoms with van der Waals surface area (Å²) in [4.78, 5) is 15.6. The summed E-state index contributed by atoms with van der Waals surface area (Å²) in [6, 6.07) is 7.82. The smallest absolute Gasteiger partial charge is 0.235 e. The standard InChI is InChI=1S/C17H25NO2S/c1-13(19)15-7-9-16(10-8-15)21-14(2)17(20)18-11-5-3-4-6-12-18/h7-10,13-14,19H,3-6,11-12H2,1-2H3.